The Bertz CT molecular complexity index is 2510. The molecule has 9 rings (SSSR count). The number of hydrogen-bond acceptors (Lipinski definition) is 4. The molecule has 3 heterocycles. The summed E-state index contributed by atoms with van der Waals surface area (Å²) in [6.45, 7) is 0. The molecule has 4 heteroatoms. The smallest absolute Gasteiger partial charge is 0.116 e. The highest BCUT2D eigenvalue weighted by Crippen LogP contribution is 2.37. The molecule has 220 valence electrons. The Hall–Kier alpha value is -5.97. The van der Waals surface area contributed by atoms with E-state index in [2.05, 4.69) is 163 Å². The predicted molar refractivity (Wildman–Crippen MR) is 197 cm³/mol. The van der Waals surface area contributed by atoms with Crippen LogP contribution < -0.4 is 0 Å². The summed E-state index contributed by atoms with van der Waals surface area (Å²) in [6, 6.07) is 56.0. The van der Waals surface area contributed by atoms with Gasteiger partial charge in [-0.05, 0) is 99.1 Å². The number of aromatic nitrogens is 3. The first-order valence-corrected chi connectivity index (χ1v) is 16.5. The van der Waals surface area contributed by atoms with Crippen molar-refractivity contribution in [1.82, 2.24) is 15.0 Å². The molecule has 0 spiro atoms. The van der Waals surface area contributed by atoms with Crippen LogP contribution in [0.2, 0.25) is 0 Å². The van der Waals surface area contributed by atoms with Gasteiger partial charge in [0.15, 0.2) is 0 Å². The summed E-state index contributed by atoms with van der Waals surface area (Å²) in [5, 5.41) is 2.16. The molecule has 0 unspecified atom stereocenters. The lowest BCUT2D eigenvalue weighted by molar-refractivity contribution is 1.21. The topological polar surface area (TPSA) is 38.7 Å². The van der Waals surface area contributed by atoms with Crippen LogP contribution in [0.3, 0.4) is 0 Å². The summed E-state index contributed by atoms with van der Waals surface area (Å²) in [5.74, 6) is 0. The van der Waals surface area contributed by atoms with E-state index in [9.17, 15) is 0 Å². The maximum Gasteiger partial charge on any atom is 0.116 e. The number of nitrogens with zero attached hydrogens (tertiary/aromatic N) is 3. The summed E-state index contributed by atoms with van der Waals surface area (Å²) in [7, 11) is 0. The van der Waals surface area contributed by atoms with Gasteiger partial charge in [-0.25, -0.2) is 15.0 Å². The molecule has 3 aromatic heterocycles. The normalized spacial score (nSPS) is 11.4. The van der Waals surface area contributed by atoms with Crippen molar-refractivity contribution in [2.45, 2.75) is 0 Å². The zero-order chi connectivity index (χ0) is 31.2. The first kappa shape index (κ1) is 27.3. The average Bonchev–Trinajstić information content (AvgIpc) is 3.53. The van der Waals surface area contributed by atoms with E-state index in [1.807, 2.05) is 0 Å². The molecule has 0 aliphatic carbocycles. The molecule has 0 atom stereocenters. The van der Waals surface area contributed by atoms with Gasteiger partial charge >= 0.3 is 0 Å². The SMILES string of the molecule is c1ccc(-c2cc(-c3ccccc3)cc(-c3cccc(-c4ccc5ncnc(-c6ccc7sc8ccccc8c7n6)c5c4)c3)c2)cc1. The van der Waals surface area contributed by atoms with Gasteiger partial charge < -0.3 is 0 Å². The Balaban J connectivity index is 1.15. The van der Waals surface area contributed by atoms with Crippen LogP contribution in [-0.4, -0.2) is 15.0 Å². The van der Waals surface area contributed by atoms with E-state index in [0.717, 1.165) is 38.9 Å². The highest BCUT2D eigenvalue weighted by Gasteiger charge is 2.14. The monoisotopic (exact) mass is 617 g/mol. The van der Waals surface area contributed by atoms with E-state index in [0.29, 0.717) is 0 Å². The maximum absolute atomic E-state index is 5.13. The van der Waals surface area contributed by atoms with Gasteiger partial charge in [-0.1, -0.05) is 103 Å². The third-order valence-corrected chi connectivity index (χ3v) is 9.90. The minimum Gasteiger partial charge on any atom is -0.245 e. The second-order valence-electron chi connectivity index (χ2n) is 11.7. The summed E-state index contributed by atoms with van der Waals surface area (Å²) < 4.78 is 2.42. The van der Waals surface area contributed by atoms with Gasteiger partial charge in [0.05, 0.1) is 27.1 Å². The highest BCUT2D eigenvalue weighted by molar-refractivity contribution is 7.25. The Morgan fingerprint density at radius 2 is 0.979 bits per heavy atom. The van der Waals surface area contributed by atoms with Gasteiger partial charge in [-0.15, -0.1) is 11.3 Å². The Kier molecular flexibility index (Phi) is 6.65. The second kappa shape index (κ2) is 11.4. The first-order valence-electron chi connectivity index (χ1n) is 15.7. The summed E-state index contributed by atoms with van der Waals surface area (Å²) in [4.78, 5) is 14.5. The molecule has 47 heavy (non-hydrogen) atoms. The summed E-state index contributed by atoms with van der Waals surface area (Å²) in [5.41, 5.74) is 13.0. The lowest BCUT2D eigenvalue weighted by Crippen LogP contribution is -1.92. The number of fused-ring (bicyclic) bond motifs is 4. The zero-order valence-electron chi connectivity index (χ0n) is 25.3. The lowest BCUT2D eigenvalue weighted by atomic mass is 9.92. The van der Waals surface area contributed by atoms with E-state index >= 15 is 0 Å². The maximum atomic E-state index is 5.13. The van der Waals surface area contributed by atoms with Crippen molar-refractivity contribution in [3.05, 3.63) is 164 Å². The fourth-order valence-corrected chi connectivity index (χ4v) is 7.48. The van der Waals surface area contributed by atoms with Gasteiger partial charge in [0.25, 0.3) is 0 Å². The molecule has 0 saturated carbocycles. The van der Waals surface area contributed by atoms with Crippen molar-refractivity contribution in [2.75, 3.05) is 0 Å². The number of thiophene rings is 1. The molecule has 0 bridgehead atoms. The third kappa shape index (κ3) is 5.05. The standard InChI is InChI=1S/C43H27N3S/c1-3-10-28(11-4-1)33-23-34(29-12-5-2-6-13-29)25-35(24-33)31-15-9-14-30(22-31)32-18-19-38-37(26-32)42(45-27-44-38)39-20-21-41-43(46-39)36-16-7-8-17-40(36)47-41/h1-27H. The van der Waals surface area contributed by atoms with Crippen LogP contribution in [0.25, 0.3) is 87.1 Å². The number of benzene rings is 6. The van der Waals surface area contributed by atoms with Crippen LogP contribution in [0, 0.1) is 0 Å². The molecule has 0 aliphatic rings. The Morgan fingerprint density at radius 1 is 0.383 bits per heavy atom. The van der Waals surface area contributed by atoms with E-state index in [1.54, 1.807) is 17.7 Å². The van der Waals surface area contributed by atoms with Gasteiger partial charge in [-0.3, -0.25) is 0 Å². The molecule has 0 saturated heterocycles. The van der Waals surface area contributed by atoms with Crippen LogP contribution in [0.5, 0.6) is 0 Å². The molecule has 0 N–H and O–H groups in total. The van der Waals surface area contributed by atoms with Gasteiger partial charge in [0, 0.05) is 15.5 Å². The average molecular weight is 618 g/mol. The summed E-state index contributed by atoms with van der Waals surface area (Å²) in [6.07, 6.45) is 1.64. The third-order valence-electron chi connectivity index (χ3n) is 8.77. The van der Waals surface area contributed by atoms with Gasteiger partial charge in [0.1, 0.15) is 6.33 Å². The Morgan fingerprint density at radius 3 is 1.72 bits per heavy atom. The number of pyridine rings is 1. The molecule has 0 amide bonds. The lowest BCUT2D eigenvalue weighted by Gasteiger charge is -2.13. The van der Waals surface area contributed by atoms with Crippen LogP contribution in [-0.2, 0) is 0 Å². The molecule has 9 aromatic rings. The molecule has 6 aromatic carbocycles. The van der Waals surface area contributed by atoms with E-state index < -0.39 is 0 Å². The van der Waals surface area contributed by atoms with Crippen LogP contribution in [0.15, 0.2) is 164 Å². The largest absolute Gasteiger partial charge is 0.245 e. The molecular weight excluding hydrogens is 591 g/mol. The van der Waals surface area contributed by atoms with Crippen molar-refractivity contribution < 1.29 is 0 Å². The highest BCUT2D eigenvalue weighted by atomic mass is 32.1. The summed E-state index contributed by atoms with van der Waals surface area (Å²) >= 11 is 1.77. The van der Waals surface area contributed by atoms with Crippen LogP contribution in [0.1, 0.15) is 0 Å². The number of hydrogen-bond donors (Lipinski definition) is 0. The predicted octanol–water partition coefficient (Wildman–Crippen LogP) is 11.7. The van der Waals surface area contributed by atoms with Crippen molar-refractivity contribution in [3.63, 3.8) is 0 Å². The minimum atomic E-state index is 0.841. The molecule has 3 nitrogen and oxygen atoms in total. The quantitative estimate of drug-likeness (QED) is 0.193. The first-order chi connectivity index (χ1) is 23.3. The molecular formula is C43H27N3S. The van der Waals surface area contributed by atoms with E-state index in [-0.39, 0.29) is 0 Å². The zero-order valence-corrected chi connectivity index (χ0v) is 26.2. The van der Waals surface area contributed by atoms with Gasteiger partial charge in [-0.2, -0.15) is 0 Å². The van der Waals surface area contributed by atoms with Crippen molar-refractivity contribution in [1.29, 1.82) is 0 Å². The van der Waals surface area contributed by atoms with E-state index in [1.165, 1.54) is 48.2 Å². The van der Waals surface area contributed by atoms with Crippen molar-refractivity contribution >= 4 is 42.5 Å². The van der Waals surface area contributed by atoms with Crippen LogP contribution in [0.4, 0.5) is 0 Å². The fourth-order valence-electron chi connectivity index (χ4n) is 6.43. The Labute approximate surface area is 276 Å². The second-order valence-corrected chi connectivity index (χ2v) is 12.8. The molecule has 0 radical (unpaired) electrons. The van der Waals surface area contributed by atoms with E-state index in [4.69, 9.17) is 9.97 Å². The minimum absolute atomic E-state index is 0.841. The van der Waals surface area contributed by atoms with Crippen molar-refractivity contribution in [3.8, 4) is 55.9 Å². The molecule has 0 aliphatic heterocycles. The molecule has 0 fully saturated rings. The van der Waals surface area contributed by atoms with Gasteiger partial charge in [0.2, 0.25) is 0 Å². The fraction of sp³-hybridized carbons (Fsp3) is 0. The van der Waals surface area contributed by atoms with Crippen LogP contribution >= 0.6 is 11.3 Å². The number of rotatable bonds is 5. The van der Waals surface area contributed by atoms with Crippen molar-refractivity contribution in [2.24, 2.45) is 0 Å².